The summed E-state index contributed by atoms with van der Waals surface area (Å²) in [5, 5.41) is 10.6. The van der Waals surface area contributed by atoms with Crippen molar-refractivity contribution in [2.75, 3.05) is 26.2 Å². The van der Waals surface area contributed by atoms with Crippen molar-refractivity contribution in [2.24, 2.45) is 0 Å². The molecule has 0 atom stereocenters. The van der Waals surface area contributed by atoms with E-state index in [0.29, 0.717) is 5.69 Å². The molecule has 6 nitrogen and oxygen atoms in total. The van der Waals surface area contributed by atoms with Gasteiger partial charge in [-0.2, -0.15) is 5.10 Å². The van der Waals surface area contributed by atoms with Gasteiger partial charge in [0, 0.05) is 43.9 Å². The van der Waals surface area contributed by atoms with Gasteiger partial charge in [0.1, 0.15) is 0 Å². The third kappa shape index (κ3) is 3.81. The first-order valence-electron chi connectivity index (χ1n) is 9.53. The highest BCUT2D eigenvalue weighted by molar-refractivity contribution is 5.94. The molecule has 2 aliphatic rings. The Morgan fingerprint density at radius 3 is 2.85 bits per heavy atom. The first kappa shape index (κ1) is 17.2. The lowest BCUT2D eigenvalue weighted by Gasteiger charge is -2.32. The predicted octanol–water partition coefficient (Wildman–Crippen LogP) is 1.92. The number of piperidine rings is 1. The number of rotatable bonds is 5. The van der Waals surface area contributed by atoms with Crippen LogP contribution in [-0.2, 0) is 24.1 Å². The molecule has 2 aromatic rings. The monoisotopic (exact) mass is 354 g/mol. The number of aromatic amines is 1. The number of H-pyrrole nitrogens is 1. The van der Waals surface area contributed by atoms with Gasteiger partial charge in [-0.15, -0.1) is 0 Å². The Labute approximate surface area is 153 Å². The van der Waals surface area contributed by atoms with Crippen LogP contribution in [0.1, 0.15) is 40.2 Å². The fourth-order valence-corrected chi connectivity index (χ4v) is 3.77. The number of hydrogen-bond donors (Lipinski definition) is 2. The standard InChI is InChI=1S/C20H26N4O2/c25-20(19-17-14-21-10-6-18(17)22-23-19)24-11-7-16(8-12-24)26-13-9-15-4-2-1-3-5-15/h1-5,16,21H,6-14H2,(H,22,23). The maximum atomic E-state index is 12.8. The van der Waals surface area contributed by atoms with E-state index in [1.165, 1.54) is 5.56 Å². The van der Waals surface area contributed by atoms with Crippen molar-refractivity contribution in [3.05, 3.63) is 52.8 Å². The number of carbonyl (C=O) groups is 1. The first-order valence-corrected chi connectivity index (χ1v) is 9.53. The van der Waals surface area contributed by atoms with E-state index in [1.807, 2.05) is 11.0 Å². The fourth-order valence-electron chi connectivity index (χ4n) is 3.77. The Morgan fingerprint density at radius 2 is 2.04 bits per heavy atom. The number of hydrogen-bond acceptors (Lipinski definition) is 4. The van der Waals surface area contributed by atoms with Crippen LogP contribution in [0.3, 0.4) is 0 Å². The molecule has 0 unspecified atom stereocenters. The topological polar surface area (TPSA) is 70.2 Å². The molecular formula is C20H26N4O2. The van der Waals surface area contributed by atoms with Crippen molar-refractivity contribution in [3.8, 4) is 0 Å². The third-order valence-electron chi connectivity index (χ3n) is 5.33. The van der Waals surface area contributed by atoms with E-state index in [1.54, 1.807) is 0 Å². The lowest BCUT2D eigenvalue weighted by Crippen LogP contribution is -2.41. The molecule has 0 radical (unpaired) electrons. The van der Waals surface area contributed by atoms with E-state index in [-0.39, 0.29) is 12.0 Å². The van der Waals surface area contributed by atoms with Crippen molar-refractivity contribution in [3.63, 3.8) is 0 Å². The van der Waals surface area contributed by atoms with E-state index >= 15 is 0 Å². The number of nitrogens with zero attached hydrogens (tertiary/aromatic N) is 2. The summed E-state index contributed by atoms with van der Waals surface area (Å²) < 4.78 is 6.03. The molecule has 138 valence electrons. The minimum Gasteiger partial charge on any atom is -0.378 e. The summed E-state index contributed by atoms with van der Waals surface area (Å²) in [7, 11) is 0. The van der Waals surface area contributed by atoms with E-state index in [2.05, 4.69) is 39.8 Å². The largest absolute Gasteiger partial charge is 0.378 e. The molecule has 0 spiro atoms. The van der Waals surface area contributed by atoms with Gasteiger partial charge >= 0.3 is 0 Å². The fraction of sp³-hybridized carbons (Fsp3) is 0.500. The van der Waals surface area contributed by atoms with Gasteiger partial charge in [-0.25, -0.2) is 0 Å². The highest BCUT2D eigenvalue weighted by atomic mass is 16.5. The quantitative estimate of drug-likeness (QED) is 0.861. The molecule has 3 heterocycles. The number of nitrogens with one attached hydrogen (secondary N) is 2. The lowest BCUT2D eigenvalue weighted by atomic mass is 10.0. The van der Waals surface area contributed by atoms with Crippen molar-refractivity contribution >= 4 is 5.91 Å². The summed E-state index contributed by atoms with van der Waals surface area (Å²) >= 11 is 0. The van der Waals surface area contributed by atoms with Gasteiger partial charge in [-0.1, -0.05) is 30.3 Å². The molecule has 26 heavy (non-hydrogen) atoms. The molecule has 1 fully saturated rings. The number of fused-ring (bicyclic) bond motifs is 1. The summed E-state index contributed by atoms with van der Waals surface area (Å²) in [5.41, 5.74) is 4.04. The van der Waals surface area contributed by atoms with Crippen LogP contribution in [0.4, 0.5) is 0 Å². The first-order chi connectivity index (χ1) is 12.8. The molecule has 2 N–H and O–H groups in total. The zero-order chi connectivity index (χ0) is 17.8. The van der Waals surface area contributed by atoms with Gasteiger partial charge in [-0.05, 0) is 24.8 Å². The molecule has 2 aliphatic heterocycles. The van der Waals surface area contributed by atoms with Crippen molar-refractivity contribution in [1.29, 1.82) is 0 Å². The van der Waals surface area contributed by atoms with Crippen molar-refractivity contribution in [1.82, 2.24) is 20.4 Å². The average Bonchev–Trinajstić information content (AvgIpc) is 3.13. The maximum absolute atomic E-state index is 12.8. The summed E-state index contributed by atoms with van der Waals surface area (Å²) in [6, 6.07) is 10.4. The van der Waals surface area contributed by atoms with Gasteiger partial charge in [0.05, 0.1) is 12.7 Å². The van der Waals surface area contributed by atoms with E-state index < -0.39 is 0 Å². The number of benzene rings is 1. The maximum Gasteiger partial charge on any atom is 0.274 e. The minimum atomic E-state index is 0.0499. The normalized spacial score (nSPS) is 17.9. The average molecular weight is 354 g/mol. The van der Waals surface area contributed by atoms with Crippen LogP contribution in [0, 0.1) is 0 Å². The SMILES string of the molecule is O=C(c1n[nH]c2c1CNCC2)N1CCC(OCCc2ccccc2)CC1. The van der Waals surface area contributed by atoms with E-state index in [0.717, 1.165) is 69.7 Å². The number of carbonyl (C=O) groups excluding carboxylic acids is 1. The van der Waals surface area contributed by atoms with Crippen molar-refractivity contribution < 1.29 is 9.53 Å². The second-order valence-corrected chi connectivity index (χ2v) is 7.05. The molecule has 0 saturated carbocycles. The molecule has 4 rings (SSSR count). The number of aromatic nitrogens is 2. The molecular weight excluding hydrogens is 328 g/mol. The van der Waals surface area contributed by atoms with E-state index in [9.17, 15) is 4.79 Å². The zero-order valence-corrected chi connectivity index (χ0v) is 15.0. The summed E-state index contributed by atoms with van der Waals surface area (Å²) in [6.45, 7) is 3.88. The molecule has 1 saturated heterocycles. The Morgan fingerprint density at radius 1 is 1.23 bits per heavy atom. The summed E-state index contributed by atoms with van der Waals surface area (Å²) in [6.07, 6.45) is 3.88. The van der Waals surface area contributed by atoms with Crippen LogP contribution in [0.25, 0.3) is 0 Å². The van der Waals surface area contributed by atoms with Gasteiger partial charge in [0.25, 0.3) is 5.91 Å². The van der Waals surface area contributed by atoms with Crippen molar-refractivity contribution in [2.45, 2.75) is 38.3 Å². The minimum absolute atomic E-state index is 0.0499. The molecule has 6 heteroatoms. The van der Waals surface area contributed by atoms with Crippen LogP contribution in [0.2, 0.25) is 0 Å². The molecule has 0 aliphatic carbocycles. The Kier molecular flexibility index (Phi) is 5.32. The van der Waals surface area contributed by atoms with Crippen LogP contribution in [-0.4, -0.2) is 53.3 Å². The van der Waals surface area contributed by atoms with Crippen LogP contribution in [0.15, 0.2) is 30.3 Å². The molecule has 1 aromatic heterocycles. The highest BCUT2D eigenvalue weighted by Crippen LogP contribution is 2.20. The zero-order valence-electron chi connectivity index (χ0n) is 15.0. The molecule has 0 bridgehead atoms. The van der Waals surface area contributed by atoms with Gasteiger partial charge in [0.2, 0.25) is 0 Å². The Bertz CT molecular complexity index is 736. The number of amides is 1. The predicted molar refractivity (Wildman–Crippen MR) is 99.0 cm³/mol. The highest BCUT2D eigenvalue weighted by Gasteiger charge is 2.28. The summed E-state index contributed by atoms with van der Waals surface area (Å²) in [4.78, 5) is 14.7. The Hall–Kier alpha value is -2.18. The number of ether oxygens (including phenoxy) is 1. The third-order valence-corrected chi connectivity index (χ3v) is 5.33. The smallest absolute Gasteiger partial charge is 0.274 e. The van der Waals surface area contributed by atoms with E-state index in [4.69, 9.17) is 4.74 Å². The Balaban J connectivity index is 1.26. The molecule has 1 aromatic carbocycles. The van der Waals surface area contributed by atoms with Crippen LogP contribution < -0.4 is 5.32 Å². The van der Waals surface area contributed by atoms with Crippen LogP contribution in [0.5, 0.6) is 0 Å². The second kappa shape index (κ2) is 8.01. The second-order valence-electron chi connectivity index (χ2n) is 7.05. The molecule has 1 amide bonds. The van der Waals surface area contributed by atoms with Gasteiger partial charge in [0.15, 0.2) is 5.69 Å². The van der Waals surface area contributed by atoms with Crippen LogP contribution >= 0.6 is 0 Å². The summed E-state index contributed by atoms with van der Waals surface area (Å²) in [5.74, 6) is 0.0499. The van der Waals surface area contributed by atoms with Gasteiger partial charge < -0.3 is 15.0 Å². The number of likely N-dealkylation sites (tertiary alicyclic amines) is 1. The van der Waals surface area contributed by atoms with Gasteiger partial charge in [-0.3, -0.25) is 9.89 Å². The lowest BCUT2D eigenvalue weighted by molar-refractivity contribution is 0.00985.